The van der Waals surface area contributed by atoms with E-state index >= 15 is 0 Å². The third-order valence-electron chi connectivity index (χ3n) is 5.42. The molecule has 0 bridgehead atoms. The molecule has 3 rings (SSSR count). The summed E-state index contributed by atoms with van der Waals surface area (Å²) in [4.78, 5) is 38.5. The van der Waals surface area contributed by atoms with E-state index in [0.29, 0.717) is 30.2 Å². The molecule has 2 aromatic rings. The molecule has 3 N–H and O–H groups in total. The van der Waals surface area contributed by atoms with Crippen LogP contribution in [-0.2, 0) is 16.1 Å². The number of ether oxygens (including phenoxy) is 1. The maximum Gasteiger partial charge on any atom is 0.257 e. The van der Waals surface area contributed by atoms with Gasteiger partial charge < -0.3 is 14.1 Å². The highest BCUT2D eigenvalue weighted by molar-refractivity contribution is 7.80. The van der Waals surface area contributed by atoms with E-state index in [0.717, 1.165) is 12.8 Å². The Morgan fingerprint density at radius 3 is 2.65 bits per heavy atom. The summed E-state index contributed by atoms with van der Waals surface area (Å²) >= 11 is 5.09. The van der Waals surface area contributed by atoms with Crippen molar-refractivity contribution >= 4 is 35.1 Å². The van der Waals surface area contributed by atoms with Crippen LogP contribution in [0.15, 0.2) is 47.1 Å². The third-order valence-corrected chi connectivity index (χ3v) is 5.63. The second-order valence-electron chi connectivity index (χ2n) is 8.09. The van der Waals surface area contributed by atoms with Crippen LogP contribution < -0.4 is 20.9 Å². The number of rotatable bonds is 10. The van der Waals surface area contributed by atoms with E-state index in [1.165, 1.54) is 19.1 Å². The Labute approximate surface area is 204 Å². The number of benzene rings is 1. The molecule has 1 aliphatic heterocycles. The van der Waals surface area contributed by atoms with Crippen molar-refractivity contribution in [1.29, 1.82) is 0 Å². The maximum atomic E-state index is 12.4. The van der Waals surface area contributed by atoms with E-state index < -0.39 is 11.8 Å². The van der Waals surface area contributed by atoms with Crippen molar-refractivity contribution in [3.63, 3.8) is 0 Å². The van der Waals surface area contributed by atoms with Gasteiger partial charge in [-0.25, -0.2) is 0 Å². The first-order chi connectivity index (χ1) is 16.5. The molecule has 1 unspecified atom stereocenters. The summed E-state index contributed by atoms with van der Waals surface area (Å²) in [6.07, 6.45) is 6.14. The van der Waals surface area contributed by atoms with Crippen LogP contribution in [0, 0.1) is 5.92 Å². The van der Waals surface area contributed by atoms with Gasteiger partial charge in [0.25, 0.3) is 5.91 Å². The van der Waals surface area contributed by atoms with Crippen LogP contribution in [0.2, 0.25) is 0 Å². The van der Waals surface area contributed by atoms with Crippen LogP contribution in [0.1, 0.15) is 55.1 Å². The third kappa shape index (κ3) is 7.58. The summed E-state index contributed by atoms with van der Waals surface area (Å²) in [6, 6.07) is 10.3. The van der Waals surface area contributed by atoms with Crippen molar-refractivity contribution in [2.75, 3.05) is 13.2 Å². The van der Waals surface area contributed by atoms with Gasteiger partial charge in [-0.15, -0.1) is 0 Å². The molecule has 0 aliphatic carbocycles. The minimum atomic E-state index is -0.525. The molecular formula is C24H30N4O5S. The first kappa shape index (κ1) is 25.2. The van der Waals surface area contributed by atoms with Gasteiger partial charge in [-0.1, -0.05) is 26.2 Å². The summed E-state index contributed by atoms with van der Waals surface area (Å²) in [5.41, 5.74) is 5.39. The number of nitrogens with zero attached hydrogens (tertiary/aromatic N) is 1. The fourth-order valence-electron chi connectivity index (χ4n) is 3.54. The highest BCUT2D eigenvalue weighted by atomic mass is 32.1. The largest absolute Gasteiger partial charge is 0.494 e. The summed E-state index contributed by atoms with van der Waals surface area (Å²) in [7, 11) is 0. The molecule has 9 nitrogen and oxygen atoms in total. The molecule has 0 radical (unpaired) electrons. The van der Waals surface area contributed by atoms with Crippen molar-refractivity contribution in [1.82, 2.24) is 21.1 Å². The number of hydrogen-bond acceptors (Lipinski definition) is 6. The molecule has 0 spiro atoms. The summed E-state index contributed by atoms with van der Waals surface area (Å²) < 4.78 is 10.9. The van der Waals surface area contributed by atoms with Gasteiger partial charge in [0.2, 0.25) is 11.8 Å². The first-order valence-electron chi connectivity index (χ1n) is 11.4. The van der Waals surface area contributed by atoms with E-state index in [1.807, 2.05) is 0 Å². The molecule has 34 heavy (non-hydrogen) atoms. The Morgan fingerprint density at radius 1 is 1.15 bits per heavy atom. The van der Waals surface area contributed by atoms with Gasteiger partial charge in [0.05, 0.1) is 25.3 Å². The number of thiocarbonyl (C=S) groups is 1. The van der Waals surface area contributed by atoms with Crippen molar-refractivity contribution in [3.8, 4) is 5.75 Å². The fourth-order valence-corrected chi connectivity index (χ4v) is 3.68. The van der Waals surface area contributed by atoms with E-state index in [4.69, 9.17) is 21.4 Å². The minimum Gasteiger partial charge on any atom is -0.494 e. The number of hydrazine groups is 1. The molecular weight excluding hydrogens is 456 g/mol. The lowest BCUT2D eigenvalue weighted by molar-refractivity contribution is -0.129. The predicted molar refractivity (Wildman–Crippen MR) is 130 cm³/mol. The monoisotopic (exact) mass is 486 g/mol. The molecule has 2 heterocycles. The topological polar surface area (TPSA) is 113 Å². The van der Waals surface area contributed by atoms with E-state index in [1.54, 1.807) is 41.3 Å². The van der Waals surface area contributed by atoms with E-state index in [9.17, 15) is 14.4 Å². The number of carbonyl (C=O) groups excluding carboxylic acids is 3. The van der Waals surface area contributed by atoms with Crippen LogP contribution >= 0.6 is 12.2 Å². The molecule has 1 saturated heterocycles. The Hall–Kier alpha value is -3.40. The van der Waals surface area contributed by atoms with Gasteiger partial charge in [-0.05, 0) is 55.0 Å². The zero-order chi connectivity index (χ0) is 24.3. The van der Waals surface area contributed by atoms with Gasteiger partial charge in [0.15, 0.2) is 5.11 Å². The van der Waals surface area contributed by atoms with Crippen LogP contribution in [-0.4, -0.2) is 40.9 Å². The molecule has 1 aromatic carbocycles. The molecule has 1 aliphatic rings. The zero-order valence-corrected chi connectivity index (χ0v) is 20.0. The lowest BCUT2D eigenvalue weighted by atomic mass is 10.1. The van der Waals surface area contributed by atoms with E-state index in [-0.39, 0.29) is 29.9 Å². The van der Waals surface area contributed by atoms with Crippen molar-refractivity contribution < 1.29 is 23.5 Å². The van der Waals surface area contributed by atoms with Crippen LogP contribution in [0.25, 0.3) is 0 Å². The average molecular weight is 487 g/mol. The number of nitrogens with one attached hydrogen (secondary N) is 3. The number of likely N-dealkylation sites (tertiary alicyclic amines) is 1. The maximum absolute atomic E-state index is 12.4. The quantitative estimate of drug-likeness (QED) is 0.269. The molecule has 0 saturated carbocycles. The summed E-state index contributed by atoms with van der Waals surface area (Å²) in [5, 5.41) is 2.46. The van der Waals surface area contributed by atoms with Crippen molar-refractivity contribution in [3.05, 3.63) is 54.0 Å². The first-order valence-corrected chi connectivity index (χ1v) is 11.8. The fraction of sp³-hybridized carbons (Fsp3) is 0.417. The lowest BCUT2D eigenvalue weighted by Gasteiger charge is -2.16. The SMILES string of the molecule is CCCCCCOc1ccc(C(=O)NC(=S)NNC(=O)C2CC(=O)N(Cc3ccco3)C2)cc1. The van der Waals surface area contributed by atoms with Gasteiger partial charge >= 0.3 is 0 Å². The van der Waals surface area contributed by atoms with Crippen molar-refractivity contribution in [2.24, 2.45) is 5.92 Å². The predicted octanol–water partition coefficient (Wildman–Crippen LogP) is 2.92. The summed E-state index contributed by atoms with van der Waals surface area (Å²) in [5.74, 6) is -0.0887. The highest BCUT2D eigenvalue weighted by Gasteiger charge is 2.34. The zero-order valence-electron chi connectivity index (χ0n) is 19.2. The molecule has 1 atom stereocenters. The molecule has 3 amide bonds. The van der Waals surface area contributed by atoms with Crippen molar-refractivity contribution in [2.45, 2.75) is 45.6 Å². The second kappa shape index (κ2) is 12.7. The summed E-state index contributed by atoms with van der Waals surface area (Å²) in [6.45, 7) is 3.40. The Kier molecular flexibility index (Phi) is 9.45. The number of hydrogen-bond donors (Lipinski definition) is 3. The lowest BCUT2D eigenvalue weighted by Crippen LogP contribution is -2.50. The molecule has 182 valence electrons. The molecule has 1 fully saturated rings. The molecule has 10 heteroatoms. The van der Waals surface area contributed by atoms with E-state index in [2.05, 4.69) is 23.1 Å². The van der Waals surface area contributed by atoms with Crippen LogP contribution in [0.3, 0.4) is 0 Å². The highest BCUT2D eigenvalue weighted by Crippen LogP contribution is 2.20. The Morgan fingerprint density at radius 2 is 1.94 bits per heavy atom. The van der Waals surface area contributed by atoms with Gasteiger partial charge in [0.1, 0.15) is 11.5 Å². The standard InChI is InChI=1S/C24H30N4O5S/c1-2-3-4-5-12-32-19-10-8-17(9-11-19)22(30)25-24(34)27-26-23(31)18-14-21(29)28(15-18)16-20-7-6-13-33-20/h6-11,13,18H,2-5,12,14-16H2,1H3,(H,26,31)(H2,25,27,30,34). The number of unbranched alkanes of at least 4 members (excludes halogenated alkanes) is 3. The second-order valence-corrected chi connectivity index (χ2v) is 8.49. The van der Waals surface area contributed by atoms with Gasteiger partial charge in [-0.2, -0.15) is 0 Å². The van der Waals surface area contributed by atoms with Gasteiger partial charge in [-0.3, -0.25) is 30.6 Å². The molecule has 1 aromatic heterocycles. The number of furan rings is 1. The van der Waals surface area contributed by atoms with Crippen LogP contribution in [0.5, 0.6) is 5.75 Å². The number of carbonyl (C=O) groups is 3. The smallest absolute Gasteiger partial charge is 0.257 e. The Bertz CT molecular complexity index is 978. The van der Waals surface area contributed by atoms with Crippen LogP contribution in [0.4, 0.5) is 0 Å². The van der Waals surface area contributed by atoms with Gasteiger partial charge in [0, 0.05) is 18.5 Å². The Balaban J connectivity index is 1.37. The minimum absolute atomic E-state index is 0.0497. The number of amides is 3. The average Bonchev–Trinajstić information content (AvgIpc) is 3.48. The normalized spacial score (nSPS) is 15.1.